The number of hydrogen-bond donors (Lipinski definition) is 2. The molecule has 0 radical (unpaired) electrons. The Morgan fingerprint density at radius 1 is 1.40 bits per heavy atom. The van der Waals surface area contributed by atoms with Crippen molar-refractivity contribution >= 4 is 17.4 Å². The highest BCUT2D eigenvalue weighted by Crippen LogP contribution is 2.23. The van der Waals surface area contributed by atoms with Crippen molar-refractivity contribution in [2.24, 2.45) is 0 Å². The van der Waals surface area contributed by atoms with Gasteiger partial charge >= 0.3 is 0 Å². The molecular weight excluding hydrogens is 256 g/mol. The van der Waals surface area contributed by atoms with Crippen LogP contribution in [0.4, 0.5) is 11.5 Å². The summed E-state index contributed by atoms with van der Waals surface area (Å²) in [6, 6.07) is 6.83. The molecule has 1 aromatic heterocycles. The molecule has 0 bridgehead atoms. The molecule has 106 valence electrons. The van der Waals surface area contributed by atoms with E-state index in [-0.39, 0.29) is 11.9 Å². The van der Waals surface area contributed by atoms with Crippen molar-refractivity contribution in [1.82, 2.24) is 9.78 Å². The van der Waals surface area contributed by atoms with Crippen molar-refractivity contribution in [2.45, 2.75) is 19.9 Å². The Morgan fingerprint density at radius 3 is 2.80 bits per heavy atom. The van der Waals surface area contributed by atoms with Crippen LogP contribution >= 0.6 is 0 Å². The highest BCUT2D eigenvalue weighted by molar-refractivity contribution is 6.06. The standard InChI is InChI=1S/C14H18N4O2/c1-9(2)18-13(6-7-16-18)17-14(19)11-5-4-10(15)8-12(11)20-3/h4-9H,15H2,1-3H3,(H,17,19). The summed E-state index contributed by atoms with van der Waals surface area (Å²) in [6.07, 6.45) is 1.65. The molecule has 0 aliphatic heterocycles. The zero-order chi connectivity index (χ0) is 14.7. The minimum atomic E-state index is -0.260. The molecule has 0 spiro atoms. The maximum absolute atomic E-state index is 12.3. The quantitative estimate of drug-likeness (QED) is 0.838. The van der Waals surface area contributed by atoms with Crippen molar-refractivity contribution in [3.63, 3.8) is 0 Å². The van der Waals surface area contributed by atoms with Crippen LogP contribution in [0, 0.1) is 0 Å². The topological polar surface area (TPSA) is 82.2 Å². The van der Waals surface area contributed by atoms with Crippen LogP contribution in [0.15, 0.2) is 30.5 Å². The Bertz CT molecular complexity index is 619. The van der Waals surface area contributed by atoms with Gasteiger partial charge in [0, 0.05) is 23.9 Å². The van der Waals surface area contributed by atoms with Crippen LogP contribution in [0.3, 0.4) is 0 Å². The lowest BCUT2D eigenvalue weighted by molar-refractivity contribution is 0.102. The number of methoxy groups -OCH3 is 1. The summed E-state index contributed by atoms with van der Waals surface area (Å²) >= 11 is 0. The monoisotopic (exact) mass is 274 g/mol. The van der Waals surface area contributed by atoms with E-state index < -0.39 is 0 Å². The third kappa shape index (κ3) is 2.74. The van der Waals surface area contributed by atoms with Gasteiger partial charge in [-0.25, -0.2) is 4.68 Å². The van der Waals surface area contributed by atoms with E-state index in [0.717, 1.165) is 0 Å². The lowest BCUT2D eigenvalue weighted by atomic mass is 10.1. The first-order valence-corrected chi connectivity index (χ1v) is 6.31. The second-order valence-electron chi connectivity index (χ2n) is 4.67. The van der Waals surface area contributed by atoms with Gasteiger partial charge in [-0.3, -0.25) is 4.79 Å². The van der Waals surface area contributed by atoms with E-state index in [1.54, 1.807) is 35.1 Å². The van der Waals surface area contributed by atoms with E-state index in [4.69, 9.17) is 10.5 Å². The van der Waals surface area contributed by atoms with Gasteiger partial charge in [0.15, 0.2) is 0 Å². The maximum Gasteiger partial charge on any atom is 0.260 e. The third-order valence-electron chi connectivity index (χ3n) is 2.87. The van der Waals surface area contributed by atoms with Crippen molar-refractivity contribution in [2.75, 3.05) is 18.2 Å². The molecule has 0 atom stereocenters. The molecule has 0 saturated heterocycles. The molecule has 0 fully saturated rings. The van der Waals surface area contributed by atoms with Crippen molar-refractivity contribution in [3.8, 4) is 5.75 Å². The molecule has 0 saturated carbocycles. The van der Waals surface area contributed by atoms with Gasteiger partial charge in [0.05, 0.1) is 18.9 Å². The number of nitrogens with two attached hydrogens (primary N) is 1. The highest BCUT2D eigenvalue weighted by atomic mass is 16.5. The summed E-state index contributed by atoms with van der Waals surface area (Å²) in [5.41, 5.74) is 6.65. The van der Waals surface area contributed by atoms with Crippen LogP contribution in [0.25, 0.3) is 0 Å². The third-order valence-corrected chi connectivity index (χ3v) is 2.87. The van der Waals surface area contributed by atoms with Gasteiger partial charge in [0.2, 0.25) is 0 Å². The van der Waals surface area contributed by atoms with Gasteiger partial charge in [0.1, 0.15) is 11.6 Å². The Hall–Kier alpha value is -2.50. The number of amides is 1. The molecule has 1 heterocycles. The summed E-state index contributed by atoms with van der Waals surface area (Å²) in [6.45, 7) is 3.99. The summed E-state index contributed by atoms with van der Waals surface area (Å²) in [5.74, 6) is 0.825. The predicted octanol–water partition coefficient (Wildman–Crippen LogP) is 2.31. The highest BCUT2D eigenvalue weighted by Gasteiger charge is 2.15. The van der Waals surface area contributed by atoms with Gasteiger partial charge in [0.25, 0.3) is 5.91 Å². The normalized spacial score (nSPS) is 10.6. The van der Waals surface area contributed by atoms with Crippen LogP contribution in [-0.2, 0) is 0 Å². The second kappa shape index (κ2) is 5.64. The van der Waals surface area contributed by atoms with E-state index in [2.05, 4.69) is 10.4 Å². The molecular formula is C14H18N4O2. The smallest absolute Gasteiger partial charge is 0.260 e. The zero-order valence-electron chi connectivity index (χ0n) is 11.8. The average molecular weight is 274 g/mol. The summed E-state index contributed by atoms with van der Waals surface area (Å²) in [7, 11) is 1.50. The first-order chi connectivity index (χ1) is 9.52. The first kappa shape index (κ1) is 13.9. The van der Waals surface area contributed by atoms with Gasteiger partial charge in [-0.2, -0.15) is 5.10 Å². The Balaban J connectivity index is 2.26. The largest absolute Gasteiger partial charge is 0.496 e. The molecule has 20 heavy (non-hydrogen) atoms. The van der Waals surface area contributed by atoms with E-state index in [1.165, 1.54) is 7.11 Å². The predicted molar refractivity (Wildman–Crippen MR) is 78.0 cm³/mol. The first-order valence-electron chi connectivity index (χ1n) is 6.31. The molecule has 2 rings (SSSR count). The van der Waals surface area contributed by atoms with Crippen LogP contribution in [0.2, 0.25) is 0 Å². The molecule has 6 heteroatoms. The van der Waals surface area contributed by atoms with Crippen molar-refractivity contribution in [3.05, 3.63) is 36.0 Å². The molecule has 0 aliphatic carbocycles. The van der Waals surface area contributed by atoms with Gasteiger partial charge in [-0.1, -0.05) is 0 Å². The molecule has 1 aromatic carbocycles. The molecule has 6 nitrogen and oxygen atoms in total. The number of hydrogen-bond acceptors (Lipinski definition) is 4. The average Bonchev–Trinajstić information content (AvgIpc) is 2.86. The molecule has 0 aliphatic rings. The number of nitrogens with zero attached hydrogens (tertiary/aromatic N) is 2. The number of nitrogen functional groups attached to an aromatic ring is 1. The fourth-order valence-electron chi connectivity index (χ4n) is 1.90. The number of ether oxygens (including phenoxy) is 1. The number of nitrogens with one attached hydrogen (secondary N) is 1. The SMILES string of the molecule is COc1cc(N)ccc1C(=O)Nc1ccnn1C(C)C. The second-order valence-corrected chi connectivity index (χ2v) is 4.67. The number of carbonyl (C=O) groups is 1. The van der Waals surface area contributed by atoms with Gasteiger partial charge in [-0.05, 0) is 26.0 Å². The van der Waals surface area contributed by atoms with E-state index in [1.807, 2.05) is 13.8 Å². The molecule has 0 unspecified atom stereocenters. The minimum absolute atomic E-state index is 0.161. The number of rotatable bonds is 4. The Morgan fingerprint density at radius 2 is 2.15 bits per heavy atom. The molecule has 3 N–H and O–H groups in total. The van der Waals surface area contributed by atoms with Crippen LogP contribution in [-0.4, -0.2) is 22.8 Å². The Kier molecular flexibility index (Phi) is 3.93. The minimum Gasteiger partial charge on any atom is -0.496 e. The van der Waals surface area contributed by atoms with Gasteiger partial charge in [-0.15, -0.1) is 0 Å². The number of carbonyl (C=O) groups excluding carboxylic acids is 1. The zero-order valence-corrected chi connectivity index (χ0v) is 11.8. The fraction of sp³-hybridized carbons (Fsp3) is 0.286. The number of aromatic nitrogens is 2. The molecule has 2 aromatic rings. The fourth-order valence-corrected chi connectivity index (χ4v) is 1.90. The summed E-state index contributed by atoms with van der Waals surface area (Å²) in [4.78, 5) is 12.3. The summed E-state index contributed by atoms with van der Waals surface area (Å²) in [5, 5.41) is 6.99. The number of anilines is 2. The van der Waals surface area contributed by atoms with E-state index >= 15 is 0 Å². The van der Waals surface area contributed by atoms with Crippen LogP contribution in [0.5, 0.6) is 5.75 Å². The van der Waals surface area contributed by atoms with Crippen LogP contribution in [0.1, 0.15) is 30.2 Å². The van der Waals surface area contributed by atoms with Crippen molar-refractivity contribution < 1.29 is 9.53 Å². The lowest BCUT2D eigenvalue weighted by Gasteiger charge is -2.13. The van der Waals surface area contributed by atoms with E-state index in [9.17, 15) is 4.79 Å². The van der Waals surface area contributed by atoms with Gasteiger partial charge < -0.3 is 15.8 Å². The maximum atomic E-state index is 12.3. The lowest BCUT2D eigenvalue weighted by Crippen LogP contribution is -2.17. The van der Waals surface area contributed by atoms with E-state index in [0.29, 0.717) is 22.8 Å². The van der Waals surface area contributed by atoms with Crippen molar-refractivity contribution in [1.29, 1.82) is 0 Å². The molecule has 1 amide bonds. The van der Waals surface area contributed by atoms with Crippen LogP contribution < -0.4 is 15.8 Å². The number of benzene rings is 1. The summed E-state index contributed by atoms with van der Waals surface area (Å²) < 4.78 is 6.92. The Labute approximate surface area is 117 Å².